The molecule has 1 saturated heterocycles. The Morgan fingerprint density at radius 2 is 2.06 bits per heavy atom. The van der Waals surface area contributed by atoms with Crippen LogP contribution < -0.4 is 16.8 Å². The fraction of sp³-hybridized carbons (Fsp3) is 0.375. The Labute approximate surface area is 194 Å². The SMILES string of the molecule is CC(C)c1cnnc(Nc2ccc3ncc(C(C=NCCCN4CC(N)C4)=CN)cc3n2)c1. The molecule has 0 atom stereocenters. The summed E-state index contributed by atoms with van der Waals surface area (Å²) in [5, 5.41) is 11.5. The molecule has 5 N–H and O–H groups in total. The second kappa shape index (κ2) is 10.5. The summed E-state index contributed by atoms with van der Waals surface area (Å²) in [4.78, 5) is 16.1. The lowest BCUT2D eigenvalue weighted by Crippen LogP contribution is -2.55. The fourth-order valence-corrected chi connectivity index (χ4v) is 3.68. The van der Waals surface area contributed by atoms with Crippen LogP contribution in [0, 0.1) is 0 Å². The molecule has 1 aliphatic heterocycles. The van der Waals surface area contributed by atoms with Crippen molar-refractivity contribution in [1.82, 2.24) is 25.1 Å². The van der Waals surface area contributed by atoms with Gasteiger partial charge in [0.25, 0.3) is 0 Å². The van der Waals surface area contributed by atoms with Crippen LogP contribution in [0.1, 0.15) is 37.3 Å². The molecule has 0 saturated carbocycles. The van der Waals surface area contributed by atoms with Gasteiger partial charge in [-0.2, -0.15) is 5.10 Å². The fourth-order valence-electron chi connectivity index (χ4n) is 3.68. The van der Waals surface area contributed by atoms with Crippen molar-refractivity contribution in [1.29, 1.82) is 0 Å². The van der Waals surface area contributed by atoms with Crippen LogP contribution in [0.3, 0.4) is 0 Å². The number of rotatable bonds is 9. The summed E-state index contributed by atoms with van der Waals surface area (Å²) in [7, 11) is 0. The quantitative estimate of drug-likeness (QED) is 0.338. The first-order chi connectivity index (χ1) is 16.0. The third kappa shape index (κ3) is 5.88. The van der Waals surface area contributed by atoms with Crippen molar-refractivity contribution in [3.63, 3.8) is 0 Å². The van der Waals surface area contributed by atoms with Gasteiger partial charge in [-0.1, -0.05) is 13.8 Å². The molecule has 172 valence electrons. The average Bonchev–Trinajstić information content (AvgIpc) is 2.79. The van der Waals surface area contributed by atoms with Gasteiger partial charge in [0.15, 0.2) is 5.82 Å². The van der Waals surface area contributed by atoms with E-state index >= 15 is 0 Å². The Morgan fingerprint density at radius 3 is 2.82 bits per heavy atom. The van der Waals surface area contributed by atoms with Gasteiger partial charge >= 0.3 is 0 Å². The van der Waals surface area contributed by atoms with Crippen LogP contribution in [-0.4, -0.2) is 63.5 Å². The Morgan fingerprint density at radius 1 is 1.21 bits per heavy atom. The second-order valence-electron chi connectivity index (χ2n) is 8.64. The molecule has 0 radical (unpaired) electrons. The summed E-state index contributed by atoms with van der Waals surface area (Å²) >= 11 is 0. The number of aromatic nitrogens is 4. The van der Waals surface area contributed by atoms with E-state index in [-0.39, 0.29) is 0 Å². The van der Waals surface area contributed by atoms with Crippen LogP contribution in [0.5, 0.6) is 0 Å². The third-order valence-electron chi connectivity index (χ3n) is 5.63. The van der Waals surface area contributed by atoms with Crippen molar-refractivity contribution in [2.45, 2.75) is 32.2 Å². The Balaban J connectivity index is 1.43. The minimum absolute atomic E-state index is 0.336. The molecule has 4 heterocycles. The predicted octanol–water partition coefficient (Wildman–Crippen LogP) is 2.69. The first kappa shape index (κ1) is 22.8. The van der Waals surface area contributed by atoms with E-state index in [0.29, 0.717) is 23.6 Å². The van der Waals surface area contributed by atoms with Gasteiger partial charge in [-0.15, -0.1) is 5.10 Å². The molecule has 1 fully saturated rings. The monoisotopic (exact) mass is 445 g/mol. The smallest absolute Gasteiger partial charge is 0.154 e. The normalized spacial score (nSPS) is 15.5. The van der Waals surface area contributed by atoms with Gasteiger partial charge < -0.3 is 21.7 Å². The number of hydrogen-bond acceptors (Lipinski definition) is 9. The molecule has 4 rings (SSSR count). The summed E-state index contributed by atoms with van der Waals surface area (Å²) in [5.41, 5.74) is 16.0. The van der Waals surface area contributed by atoms with Crippen LogP contribution in [0.15, 0.2) is 47.9 Å². The first-order valence-corrected chi connectivity index (χ1v) is 11.3. The lowest BCUT2D eigenvalue weighted by molar-refractivity contribution is 0.150. The number of likely N-dealkylation sites (tertiary alicyclic amines) is 1. The lowest BCUT2D eigenvalue weighted by Gasteiger charge is -2.36. The molecular formula is C24H31N9. The Hall–Kier alpha value is -3.43. The van der Waals surface area contributed by atoms with Crippen molar-refractivity contribution >= 4 is 34.5 Å². The average molecular weight is 446 g/mol. The van der Waals surface area contributed by atoms with Crippen molar-refractivity contribution in [2.24, 2.45) is 16.5 Å². The maximum atomic E-state index is 5.88. The zero-order valence-electron chi connectivity index (χ0n) is 19.1. The molecule has 1 aliphatic rings. The lowest BCUT2D eigenvalue weighted by atomic mass is 10.1. The number of nitrogens with one attached hydrogen (secondary N) is 1. The first-order valence-electron chi connectivity index (χ1n) is 11.3. The third-order valence-corrected chi connectivity index (χ3v) is 5.63. The highest BCUT2D eigenvalue weighted by Gasteiger charge is 2.21. The zero-order chi connectivity index (χ0) is 23.2. The number of hydrogen-bond donors (Lipinski definition) is 3. The van der Waals surface area contributed by atoms with E-state index < -0.39 is 0 Å². The number of pyridine rings is 2. The van der Waals surface area contributed by atoms with Gasteiger partial charge in [-0.3, -0.25) is 9.98 Å². The van der Waals surface area contributed by atoms with Crippen LogP contribution in [0.25, 0.3) is 16.6 Å². The summed E-state index contributed by atoms with van der Waals surface area (Å²) < 4.78 is 0. The van der Waals surface area contributed by atoms with E-state index in [4.69, 9.17) is 16.5 Å². The Kier molecular flexibility index (Phi) is 7.21. The summed E-state index contributed by atoms with van der Waals surface area (Å²) in [6.07, 6.45) is 7.92. The molecule has 0 aliphatic carbocycles. The van der Waals surface area contributed by atoms with Gasteiger partial charge in [0.05, 0.1) is 17.2 Å². The molecule has 9 heteroatoms. The van der Waals surface area contributed by atoms with Gasteiger partial charge in [-0.05, 0) is 42.2 Å². The molecule has 0 aromatic carbocycles. The minimum atomic E-state index is 0.336. The molecule has 33 heavy (non-hydrogen) atoms. The largest absolute Gasteiger partial charge is 0.404 e. The van der Waals surface area contributed by atoms with Crippen molar-refractivity contribution in [3.8, 4) is 0 Å². The van der Waals surface area contributed by atoms with Crippen LogP contribution in [-0.2, 0) is 0 Å². The molecular weight excluding hydrogens is 414 g/mol. The number of nitrogens with two attached hydrogens (primary N) is 2. The highest BCUT2D eigenvalue weighted by Crippen LogP contribution is 2.21. The Bertz CT molecular complexity index is 1150. The van der Waals surface area contributed by atoms with Gasteiger partial charge in [-0.25, -0.2) is 4.98 Å². The van der Waals surface area contributed by atoms with Gasteiger partial charge in [0.1, 0.15) is 5.82 Å². The summed E-state index contributed by atoms with van der Waals surface area (Å²) in [6.45, 7) is 7.98. The van der Waals surface area contributed by atoms with E-state index in [9.17, 15) is 0 Å². The highest BCUT2D eigenvalue weighted by molar-refractivity contribution is 6.10. The van der Waals surface area contributed by atoms with Crippen molar-refractivity contribution in [3.05, 3.63) is 54.0 Å². The highest BCUT2D eigenvalue weighted by atomic mass is 15.2. The molecule has 0 amide bonds. The van der Waals surface area contributed by atoms with E-state index in [2.05, 4.69) is 44.2 Å². The predicted molar refractivity (Wildman–Crippen MR) is 133 cm³/mol. The molecule has 0 unspecified atom stereocenters. The number of aliphatic imine (C=N–C) groups is 1. The standard InChI is InChI=1S/C24H31N9/c1-16(2)17-9-24(32-29-13-17)31-23-5-4-21-22(30-23)8-18(12-28-21)19(10-25)11-27-6-3-7-33-14-20(26)15-33/h4-5,8-13,16,20H,3,6-7,14-15,25-26H2,1-2H3,(H,30,31,32). The topological polar surface area (TPSA) is 131 Å². The summed E-state index contributed by atoms with van der Waals surface area (Å²) in [6, 6.07) is 8.10. The number of fused-ring (bicyclic) bond motifs is 1. The van der Waals surface area contributed by atoms with E-state index in [1.54, 1.807) is 24.8 Å². The second-order valence-corrected chi connectivity index (χ2v) is 8.64. The number of nitrogens with zero attached hydrogens (tertiary/aromatic N) is 6. The molecule has 3 aromatic heterocycles. The maximum absolute atomic E-state index is 5.88. The number of anilines is 2. The van der Waals surface area contributed by atoms with Crippen LogP contribution in [0.4, 0.5) is 11.6 Å². The molecule has 0 bridgehead atoms. The van der Waals surface area contributed by atoms with Crippen molar-refractivity contribution in [2.75, 3.05) is 31.5 Å². The van der Waals surface area contributed by atoms with Crippen molar-refractivity contribution < 1.29 is 0 Å². The van der Waals surface area contributed by atoms with Crippen LogP contribution in [0.2, 0.25) is 0 Å². The minimum Gasteiger partial charge on any atom is -0.404 e. The zero-order valence-corrected chi connectivity index (χ0v) is 19.1. The number of allylic oxidation sites excluding steroid dienone is 1. The molecule has 9 nitrogen and oxygen atoms in total. The van der Waals surface area contributed by atoms with Gasteiger partial charge in [0.2, 0.25) is 0 Å². The van der Waals surface area contributed by atoms with E-state index in [1.807, 2.05) is 24.3 Å². The molecule has 0 spiro atoms. The summed E-state index contributed by atoms with van der Waals surface area (Å²) in [5.74, 6) is 1.70. The van der Waals surface area contributed by atoms with Gasteiger partial charge in [0, 0.05) is 62.0 Å². The maximum Gasteiger partial charge on any atom is 0.154 e. The van der Waals surface area contributed by atoms with E-state index in [0.717, 1.165) is 60.3 Å². The van der Waals surface area contributed by atoms with Crippen LogP contribution >= 0.6 is 0 Å². The molecule has 3 aromatic rings. The van der Waals surface area contributed by atoms with E-state index in [1.165, 1.54) is 0 Å².